The molecule has 15 heavy (non-hydrogen) atoms. The van der Waals surface area contributed by atoms with E-state index in [2.05, 4.69) is 29.6 Å². The van der Waals surface area contributed by atoms with Crippen LogP contribution in [0.25, 0.3) is 0 Å². The van der Waals surface area contributed by atoms with Crippen LogP contribution in [0.4, 0.5) is 0 Å². The summed E-state index contributed by atoms with van der Waals surface area (Å²) >= 11 is 0. The van der Waals surface area contributed by atoms with E-state index < -0.39 is 0 Å². The summed E-state index contributed by atoms with van der Waals surface area (Å²) in [6, 6.07) is 0. The quantitative estimate of drug-likeness (QED) is 0.662. The lowest BCUT2D eigenvalue weighted by Gasteiger charge is -2.27. The van der Waals surface area contributed by atoms with Crippen LogP contribution >= 0.6 is 12.4 Å². The van der Waals surface area contributed by atoms with Crippen molar-refractivity contribution in [2.75, 3.05) is 6.54 Å². The molecule has 0 atom stereocenters. The third kappa shape index (κ3) is 1.89. The molecule has 0 radical (unpaired) electrons. The standard InChI is InChI=1S/C13H15N.ClH/c1-2-5-11-9-13-12(6-3-7-14-13)8-10(11)4-1;/h2,4-5,9,14H,1,3,6-8H2;1H. The van der Waals surface area contributed by atoms with Crippen molar-refractivity contribution in [2.24, 2.45) is 0 Å². The Morgan fingerprint density at radius 3 is 3.13 bits per heavy atom. The Labute approximate surface area is 97.0 Å². The summed E-state index contributed by atoms with van der Waals surface area (Å²) in [4.78, 5) is 0. The van der Waals surface area contributed by atoms with Crippen LogP contribution < -0.4 is 5.32 Å². The molecule has 80 valence electrons. The van der Waals surface area contributed by atoms with Gasteiger partial charge in [0.05, 0.1) is 0 Å². The number of rotatable bonds is 0. The zero-order chi connectivity index (χ0) is 9.38. The maximum Gasteiger partial charge on any atom is 0.0341 e. The van der Waals surface area contributed by atoms with Crippen LogP contribution in [0.2, 0.25) is 0 Å². The highest BCUT2D eigenvalue weighted by molar-refractivity contribution is 5.85. The van der Waals surface area contributed by atoms with Crippen molar-refractivity contribution in [3.8, 4) is 0 Å². The zero-order valence-electron chi connectivity index (χ0n) is 8.75. The van der Waals surface area contributed by atoms with E-state index in [0.717, 1.165) is 13.0 Å². The predicted octanol–water partition coefficient (Wildman–Crippen LogP) is 3.26. The van der Waals surface area contributed by atoms with Gasteiger partial charge >= 0.3 is 0 Å². The minimum absolute atomic E-state index is 0. The maximum absolute atomic E-state index is 3.50. The van der Waals surface area contributed by atoms with Crippen LogP contribution in [-0.4, -0.2) is 6.54 Å². The van der Waals surface area contributed by atoms with Gasteiger partial charge in [0, 0.05) is 12.2 Å². The first kappa shape index (κ1) is 10.6. The molecule has 3 aliphatic rings. The third-order valence-corrected chi connectivity index (χ3v) is 3.22. The smallest absolute Gasteiger partial charge is 0.0341 e. The zero-order valence-corrected chi connectivity index (χ0v) is 9.57. The summed E-state index contributed by atoms with van der Waals surface area (Å²) in [7, 11) is 0. The Bertz CT molecular complexity index is 385. The monoisotopic (exact) mass is 221 g/mol. The number of nitrogens with one attached hydrogen (secondary N) is 1. The maximum atomic E-state index is 3.50. The first-order valence-corrected chi connectivity index (χ1v) is 5.47. The van der Waals surface area contributed by atoms with Crippen LogP contribution in [0.1, 0.15) is 25.7 Å². The summed E-state index contributed by atoms with van der Waals surface area (Å²) in [5.74, 6) is 0. The summed E-state index contributed by atoms with van der Waals surface area (Å²) in [6.45, 7) is 1.14. The van der Waals surface area contributed by atoms with Gasteiger partial charge in [0.1, 0.15) is 0 Å². The molecule has 0 spiro atoms. The topological polar surface area (TPSA) is 12.0 Å². The van der Waals surface area contributed by atoms with Gasteiger partial charge in [-0.15, -0.1) is 12.4 Å². The largest absolute Gasteiger partial charge is 0.385 e. The van der Waals surface area contributed by atoms with Crippen molar-refractivity contribution in [1.82, 2.24) is 5.32 Å². The van der Waals surface area contributed by atoms with Crippen LogP contribution in [-0.2, 0) is 0 Å². The Kier molecular flexibility index (Phi) is 3.01. The number of allylic oxidation sites excluding steroid dienone is 7. The average molecular weight is 222 g/mol. The third-order valence-electron chi connectivity index (χ3n) is 3.22. The van der Waals surface area contributed by atoms with Crippen LogP contribution in [0.3, 0.4) is 0 Å². The number of halogens is 1. The molecule has 0 saturated heterocycles. The lowest BCUT2D eigenvalue weighted by Crippen LogP contribution is -2.23. The van der Waals surface area contributed by atoms with Crippen molar-refractivity contribution < 1.29 is 0 Å². The molecule has 1 heterocycles. The van der Waals surface area contributed by atoms with Gasteiger partial charge in [-0.3, -0.25) is 0 Å². The summed E-state index contributed by atoms with van der Waals surface area (Å²) in [6.07, 6.45) is 14.1. The van der Waals surface area contributed by atoms with Crippen molar-refractivity contribution >= 4 is 12.4 Å². The minimum atomic E-state index is 0. The van der Waals surface area contributed by atoms with Gasteiger partial charge in [-0.2, -0.15) is 0 Å². The van der Waals surface area contributed by atoms with E-state index in [-0.39, 0.29) is 12.4 Å². The first-order chi connectivity index (χ1) is 6.93. The lowest BCUT2D eigenvalue weighted by molar-refractivity contribution is 0.656. The molecule has 2 aliphatic carbocycles. The molecule has 0 aromatic carbocycles. The van der Waals surface area contributed by atoms with Gasteiger partial charge in [-0.1, -0.05) is 18.2 Å². The van der Waals surface area contributed by atoms with E-state index in [1.165, 1.54) is 36.1 Å². The second-order valence-corrected chi connectivity index (χ2v) is 4.19. The summed E-state index contributed by atoms with van der Waals surface area (Å²) in [5, 5.41) is 3.50. The van der Waals surface area contributed by atoms with Crippen molar-refractivity contribution in [3.05, 3.63) is 46.7 Å². The molecule has 3 rings (SSSR count). The molecule has 0 saturated carbocycles. The van der Waals surface area contributed by atoms with Crippen molar-refractivity contribution in [3.63, 3.8) is 0 Å². The average Bonchev–Trinajstić information content (AvgIpc) is 2.26. The molecule has 0 fully saturated rings. The highest BCUT2D eigenvalue weighted by Crippen LogP contribution is 2.34. The lowest BCUT2D eigenvalue weighted by atomic mass is 9.84. The SMILES string of the molecule is C1=CC2=CC3=C(CCCN3)CC2=CC1.Cl. The highest BCUT2D eigenvalue weighted by atomic mass is 35.5. The molecule has 2 heteroatoms. The van der Waals surface area contributed by atoms with E-state index in [0.29, 0.717) is 0 Å². The normalized spacial score (nSPS) is 22.9. The highest BCUT2D eigenvalue weighted by Gasteiger charge is 2.19. The molecule has 0 amide bonds. The Morgan fingerprint density at radius 1 is 1.27 bits per heavy atom. The molecular formula is C13H16ClN. The second-order valence-electron chi connectivity index (χ2n) is 4.19. The van der Waals surface area contributed by atoms with Crippen LogP contribution in [0.5, 0.6) is 0 Å². The van der Waals surface area contributed by atoms with Crippen molar-refractivity contribution in [2.45, 2.75) is 25.7 Å². The van der Waals surface area contributed by atoms with Gasteiger partial charge in [-0.05, 0) is 48.5 Å². The molecular weight excluding hydrogens is 206 g/mol. The van der Waals surface area contributed by atoms with Crippen LogP contribution in [0.15, 0.2) is 46.7 Å². The van der Waals surface area contributed by atoms with Gasteiger partial charge in [0.2, 0.25) is 0 Å². The molecule has 0 unspecified atom stereocenters. The first-order valence-electron chi connectivity index (χ1n) is 5.47. The fraction of sp³-hybridized carbons (Fsp3) is 0.385. The van der Waals surface area contributed by atoms with Gasteiger partial charge in [0.25, 0.3) is 0 Å². The van der Waals surface area contributed by atoms with Crippen molar-refractivity contribution in [1.29, 1.82) is 0 Å². The van der Waals surface area contributed by atoms with Gasteiger partial charge in [0.15, 0.2) is 0 Å². The molecule has 0 aromatic heterocycles. The molecule has 1 N–H and O–H groups in total. The summed E-state index contributed by atoms with van der Waals surface area (Å²) < 4.78 is 0. The number of hydrogen-bond acceptors (Lipinski definition) is 1. The van der Waals surface area contributed by atoms with E-state index in [9.17, 15) is 0 Å². The molecule has 1 aliphatic heterocycles. The van der Waals surface area contributed by atoms with Gasteiger partial charge < -0.3 is 5.32 Å². The molecule has 0 bridgehead atoms. The predicted molar refractivity (Wildman–Crippen MR) is 66.1 cm³/mol. The second kappa shape index (κ2) is 4.28. The summed E-state index contributed by atoms with van der Waals surface area (Å²) in [5.41, 5.74) is 5.97. The fourth-order valence-corrected chi connectivity index (χ4v) is 2.45. The number of hydrogen-bond donors (Lipinski definition) is 1. The molecule has 0 aromatic rings. The Hall–Kier alpha value is -0.950. The van der Waals surface area contributed by atoms with E-state index >= 15 is 0 Å². The van der Waals surface area contributed by atoms with E-state index in [1.807, 2.05) is 0 Å². The van der Waals surface area contributed by atoms with E-state index in [1.54, 1.807) is 5.57 Å². The van der Waals surface area contributed by atoms with Crippen LogP contribution in [0, 0.1) is 0 Å². The Morgan fingerprint density at radius 2 is 2.20 bits per heavy atom. The van der Waals surface area contributed by atoms with E-state index in [4.69, 9.17) is 0 Å². The Balaban J connectivity index is 0.000000853. The van der Waals surface area contributed by atoms with Gasteiger partial charge in [-0.25, -0.2) is 0 Å². The fourth-order valence-electron chi connectivity index (χ4n) is 2.45. The number of fused-ring (bicyclic) bond motifs is 1. The minimum Gasteiger partial charge on any atom is -0.385 e. The molecule has 1 nitrogen and oxygen atoms in total.